The zero-order valence-electron chi connectivity index (χ0n) is 19.8. The highest BCUT2D eigenvalue weighted by molar-refractivity contribution is 6.36. The molecule has 2 aliphatic rings. The van der Waals surface area contributed by atoms with Gasteiger partial charge in [-0.3, -0.25) is 4.79 Å². The molecule has 6 nitrogen and oxygen atoms in total. The van der Waals surface area contributed by atoms with Gasteiger partial charge in [-0.25, -0.2) is 13.6 Å². The van der Waals surface area contributed by atoms with E-state index in [-0.39, 0.29) is 30.1 Å². The topological polar surface area (TPSA) is 74.6 Å². The lowest BCUT2D eigenvalue weighted by Gasteiger charge is -2.58. The number of alkyl halides is 2. The van der Waals surface area contributed by atoms with Crippen LogP contribution >= 0.6 is 11.6 Å². The SMILES string of the molecule is CC(C)(C)C1(Cn2cc(C(=O)NCC3CCC(F)(F)CC3)c3c(Cl)cccc32)CCN1C(=O)O. The molecule has 1 aromatic heterocycles. The molecule has 0 bridgehead atoms. The molecule has 4 rings (SSSR count). The summed E-state index contributed by atoms with van der Waals surface area (Å²) >= 11 is 6.51. The number of rotatable bonds is 5. The Bertz CT molecular complexity index is 1100. The Balaban J connectivity index is 1.61. The first kappa shape index (κ1) is 24.8. The summed E-state index contributed by atoms with van der Waals surface area (Å²) in [5.41, 5.74) is 0.223. The molecule has 2 amide bonds. The van der Waals surface area contributed by atoms with E-state index in [1.165, 1.54) is 4.90 Å². The zero-order chi connectivity index (χ0) is 24.9. The van der Waals surface area contributed by atoms with Crippen LogP contribution in [0.25, 0.3) is 10.9 Å². The predicted octanol–water partition coefficient (Wildman–Crippen LogP) is 6.02. The van der Waals surface area contributed by atoms with Gasteiger partial charge in [0.05, 0.1) is 21.6 Å². The summed E-state index contributed by atoms with van der Waals surface area (Å²) in [7, 11) is 0. The Morgan fingerprint density at radius 3 is 2.44 bits per heavy atom. The molecule has 2 aromatic rings. The van der Waals surface area contributed by atoms with Crippen molar-refractivity contribution in [1.82, 2.24) is 14.8 Å². The number of hydrogen-bond donors (Lipinski definition) is 2. The van der Waals surface area contributed by atoms with E-state index >= 15 is 0 Å². The maximum Gasteiger partial charge on any atom is 0.407 e. The highest BCUT2D eigenvalue weighted by Gasteiger charge is 2.55. The average molecular weight is 496 g/mol. The molecular weight excluding hydrogens is 464 g/mol. The van der Waals surface area contributed by atoms with Crippen LogP contribution in [-0.4, -0.2) is 51.1 Å². The first-order valence-corrected chi connectivity index (χ1v) is 12.2. The van der Waals surface area contributed by atoms with Gasteiger partial charge in [0, 0.05) is 44.1 Å². The second kappa shape index (κ2) is 8.70. The Hall–Kier alpha value is -2.35. The van der Waals surface area contributed by atoms with Gasteiger partial charge in [-0.2, -0.15) is 0 Å². The number of aromatic nitrogens is 1. The summed E-state index contributed by atoms with van der Waals surface area (Å²) in [6.07, 6.45) is 1.99. The summed E-state index contributed by atoms with van der Waals surface area (Å²) in [6, 6.07) is 5.41. The number of halogens is 3. The molecule has 186 valence electrons. The first-order valence-electron chi connectivity index (χ1n) is 11.8. The minimum atomic E-state index is -2.60. The summed E-state index contributed by atoms with van der Waals surface area (Å²) in [5.74, 6) is -2.88. The number of amides is 2. The molecule has 2 heterocycles. The lowest BCUT2D eigenvalue weighted by Crippen LogP contribution is -2.69. The van der Waals surface area contributed by atoms with Gasteiger partial charge < -0.3 is 19.9 Å². The third-order valence-electron chi connectivity index (χ3n) is 7.81. The Morgan fingerprint density at radius 2 is 1.88 bits per heavy atom. The number of carbonyl (C=O) groups excluding carboxylic acids is 1. The van der Waals surface area contributed by atoms with E-state index in [1.807, 2.05) is 37.5 Å². The van der Waals surface area contributed by atoms with Gasteiger partial charge in [0.25, 0.3) is 5.91 Å². The molecule has 1 atom stereocenters. The van der Waals surface area contributed by atoms with Crippen molar-refractivity contribution in [3.05, 3.63) is 35.0 Å². The summed E-state index contributed by atoms with van der Waals surface area (Å²) in [6.45, 7) is 7.29. The number of nitrogens with one attached hydrogen (secondary N) is 1. The minimum absolute atomic E-state index is 0.0238. The lowest BCUT2D eigenvalue weighted by atomic mass is 9.65. The normalized spacial score (nSPS) is 23.1. The van der Waals surface area contributed by atoms with Crippen molar-refractivity contribution >= 4 is 34.5 Å². The standard InChI is InChI=1S/C25H32ClF2N3O3/c1-23(2,3)24(11-12-31(24)22(33)34)15-30-14-17(20-18(26)5-4-6-19(20)30)21(32)29-13-16-7-9-25(27,28)10-8-16/h4-6,14,16H,7-13,15H2,1-3H3,(H,29,32)(H,33,34). The van der Waals surface area contributed by atoms with Gasteiger partial charge in [0.1, 0.15) is 0 Å². The van der Waals surface area contributed by atoms with Gasteiger partial charge in [0.2, 0.25) is 5.92 Å². The summed E-state index contributed by atoms with van der Waals surface area (Å²) in [5, 5.41) is 13.7. The first-order chi connectivity index (χ1) is 15.8. The molecule has 1 saturated heterocycles. The van der Waals surface area contributed by atoms with Gasteiger partial charge in [-0.05, 0) is 42.7 Å². The second-order valence-electron chi connectivity index (χ2n) is 10.8. The van der Waals surface area contributed by atoms with Crippen molar-refractivity contribution in [2.24, 2.45) is 11.3 Å². The van der Waals surface area contributed by atoms with Gasteiger partial charge in [-0.1, -0.05) is 38.4 Å². The molecule has 1 unspecified atom stereocenters. The van der Waals surface area contributed by atoms with Gasteiger partial charge >= 0.3 is 6.09 Å². The molecule has 1 aliphatic heterocycles. The largest absolute Gasteiger partial charge is 0.465 e. The number of nitrogens with zero attached hydrogens (tertiary/aromatic N) is 2. The molecule has 1 aliphatic carbocycles. The van der Waals surface area contributed by atoms with Crippen LogP contribution in [0.5, 0.6) is 0 Å². The van der Waals surface area contributed by atoms with Crippen LogP contribution in [0.1, 0.15) is 63.2 Å². The summed E-state index contributed by atoms with van der Waals surface area (Å²) in [4.78, 5) is 26.6. The van der Waals surface area contributed by atoms with E-state index in [2.05, 4.69) is 5.32 Å². The van der Waals surface area contributed by atoms with Crippen molar-refractivity contribution in [2.75, 3.05) is 13.1 Å². The van der Waals surface area contributed by atoms with Crippen LogP contribution in [0.4, 0.5) is 13.6 Å². The van der Waals surface area contributed by atoms with E-state index in [1.54, 1.807) is 12.3 Å². The van der Waals surface area contributed by atoms with Gasteiger partial charge in [-0.15, -0.1) is 0 Å². The van der Waals surface area contributed by atoms with Crippen LogP contribution in [-0.2, 0) is 6.54 Å². The number of benzene rings is 1. The number of carboxylic acid groups (broad SMARTS) is 1. The highest BCUT2D eigenvalue weighted by Crippen LogP contribution is 2.47. The van der Waals surface area contributed by atoms with Crippen LogP contribution in [0, 0.1) is 11.3 Å². The fraction of sp³-hybridized carbons (Fsp3) is 0.600. The van der Waals surface area contributed by atoms with Crippen LogP contribution < -0.4 is 5.32 Å². The second-order valence-corrected chi connectivity index (χ2v) is 11.2. The third kappa shape index (κ3) is 4.37. The van der Waals surface area contributed by atoms with Crippen LogP contribution in [0.15, 0.2) is 24.4 Å². The fourth-order valence-electron chi connectivity index (χ4n) is 5.48. The zero-order valence-corrected chi connectivity index (χ0v) is 20.6. The third-order valence-corrected chi connectivity index (χ3v) is 8.13. The van der Waals surface area contributed by atoms with Crippen molar-refractivity contribution in [1.29, 1.82) is 0 Å². The molecule has 0 radical (unpaired) electrons. The smallest absolute Gasteiger partial charge is 0.407 e. The predicted molar refractivity (Wildman–Crippen MR) is 128 cm³/mol. The quantitative estimate of drug-likeness (QED) is 0.532. The molecule has 9 heteroatoms. The van der Waals surface area contributed by atoms with Crippen LogP contribution in [0.3, 0.4) is 0 Å². The fourth-order valence-corrected chi connectivity index (χ4v) is 5.75. The van der Waals surface area contributed by atoms with E-state index in [0.717, 1.165) is 11.9 Å². The Kier molecular flexibility index (Phi) is 6.34. The molecule has 2 N–H and O–H groups in total. The highest BCUT2D eigenvalue weighted by atomic mass is 35.5. The number of hydrogen-bond acceptors (Lipinski definition) is 2. The average Bonchev–Trinajstić information content (AvgIpc) is 3.08. The van der Waals surface area contributed by atoms with Crippen molar-refractivity contribution in [3.63, 3.8) is 0 Å². The van der Waals surface area contributed by atoms with Crippen molar-refractivity contribution < 1.29 is 23.5 Å². The van der Waals surface area contributed by atoms with Gasteiger partial charge in [0.15, 0.2) is 0 Å². The number of carbonyl (C=O) groups is 2. The summed E-state index contributed by atoms with van der Waals surface area (Å²) < 4.78 is 28.8. The van der Waals surface area contributed by atoms with Crippen molar-refractivity contribution in [3.8, 4) is 0 Å². The molecule has 1 aromatic carbocycles. The van der Waals surface area contributed by atoms with E-state index in [4.69, 9.17) is 11.6 Å². The monoisotopic (exact) mass is 495 g/mol. The maximum absolute atomic E-state index is 13.4. The minimum Gasteiger partial charge on any atom is -0.465 e. The lowest BCUT2D eigenvalue weighted by molar-refractivity contribution is -0.0822. The maximum atomic E-state index is 13.4. The Morgan fingerprint density at radius 1 is 1.21 bits per heavy atom. The molecular formula is C25H32ClF2N3O3. The molecule has 34 heavy (non-hydrogen) atoms. The molecule has 0 spiro atoms. The van der Waals surface area contributed by atoms with Crippen molar-refractivity contribution in [2.45, 2.75) is 70.9 Å². The Labute approximate surface area is 203 Å². The van der Waals surface area contributed by atoms with E-state index in [0.29, 0.717) is 48.4 Å². The number of likely N-dealkylation sites (tertiary alicyclic amines) is 1. The van der Waals surface area contributed by atoms with Crippen LogP contribution in [0.2, 0.25) is 5.02 Å². The molecule has 1 saturated carbocycles. The van der Waals surface area contributed by atoms with E-state index < -0.39 is 17.6 Å². The molecule has 2 fully saturated rings. The number of fused-ring (bicyclic) bond motifs is 1. The van der Waals surface area contributed by atoms with E-state index in [9.17, 15) is 23.5 Å².